The van der Waals surface area contributed by atoms with Gasteiger partial charge < -0.3 is 9.80 Å². The first-order chi connectivity index (χ1) is 24.1. The fourth-order valence-electron chi connectivity index (χ4n) is 8.02. The number of anilines is 5. The van der Waals surface area contributed by atoms with Crippen molar-refractivity contribution in [1.82, 2.24) is 0 Å². The van der Waals surface area contributed by atoms with E-state index >= 15 is 0 Å². The topological polar surface area (TPSA) is 6.48 Å². The summed E-state index contributed by atoms with van der Waals surface area (Å²) >= 11 is 0. The molecule has 0 spiro atoms. The van der Waals surface area contributed by atoms with E-state index < -0.39 is 0 Å². The van der Waals surface area contributed by atoms with Crippen LogP contribution in [0.2, 0.25) is 0 Å². The molecule has 0 atom stereocenters. The molecule has 242 valence electrons. The standard InChI is InChI=1S/C47H44N2/c1-47(2)45-33-36(24-23-35-25-28-41(29-26-35)48(37-15-7-3-8-16-37)38-17-9-4-10-18-38)27-31-43(45)44-32-30-42(34-46(44)47)49(39-19-11-5-12-20-39)40-21-13-6-14-22-40/h3-5,7-12,15-20,23-34,40H,6,13-14,21-22H2,1-2H3/b24-23+. The maximum Gasteiger partial charge on any atom is 0.0462 e. The molecule has 0 aliphatic heterocycles. The van der Waals surface area contributed by atoms with Gasteiger partial charge in [0.25, 0.3) is 0 Å². The second-order valence-electron chi connectivity index (χ2n) is 14.1. The van der Waals surface area contributed by atoms with Crippen LogP contribution in [0, 0.1) is 0 Å². The summed E-state index contributed by atoms with van der Waals surface area (Å²) in [5, 5.41) is 0. The van der Waals surface area contributed by atoms with Crippen LogP contribution in [0.3, 0.4) is 0 Å². The molecule has 1 saturated carbocycles. The minimum atomic E-state index is -0.0839. The average Bonchev–Trinajstić information content (AvgIpc) is 3.38. The Morgan fingerprint density at radius 2 is 0.939 bits per heavy atom. The lowest BCUT2D eigenvalue weighted by atomic mass is 9.81. The third-order valence-corrected chi connectivity index (χ3v) is 10.6. The molecule has 8 rings (SSSR count). The normalized spacial score (nSPS) is 15.1. The van der Waals surface area contributed by atoms with Crippen molar-refractivity contribution in [1.29, 1.82) is 0 Å². The molecule has 0 heterocycles. The number of hydrogen-bond donors (Lipinski definition) is 0. The van der Waals surface area contributed by atoms with Crippen molar-refractivity contribution in [2.75, 3.05) is 9.80 Å². The summed E-state index contributed by atoms with van der Waals surface area (Å²) in [5.74, 6) is 0. The minimum absolute atomic E-state index is 0.0839. The van der Waals surface area contributed by atoms with Crippen molar-refractivity contribution >= 4 is 40.6 Å². The van der Waals surface area contributed by atoms with Crippen LogP contribution in [0.25, 0.3) is 23.3 Å². The summed E-state index contributed by atoms with van der Waals surface area (Å²) in [5.41, 5.74) is 13.9. The second-order valence-corrected chi connectivity index (χ2v) is 14.1. The second kappa shape index (κ2) is 13.3. The van der Waals surface area contributed by atoms with Gasteiger partial charge in [-0.3, -0.25) is 0 Å². The summed E-state index contributed by atoms with van der Waals surface area (Å²) in [4.78, 5) is 4.92. The fraction of sp³-hybridized carbons (Fsp3) is 0.191. The maximum atomic E-state index is 2.62. The lowest BCUT2D eigenvalue weighted by Crippen LogP contribution is -2.33. The Hall–Kier alpha value is -5.34. The number of rotatable bonds is 8. The molecule has 0 amide bonds. The SMILES string of the molecule is CC1(C)c2cc(/C=C/c3ccc(N(c4ccccc4)c4ccccc4)cc3)ccc2-c2ccc(N(c3ccccc3)C3CCCCC3)cc21. The van der Waals surface area contributed by atoms with Crippen molar-refractivity contribution < 1.29 is 0 Å². The molecule has 2 nitrogen and oxygen atoms in total. The van der Waals surface area contributed by atoms with E-state index in [4.69, 9.17) is 0 Å². The first kappa shape index (κ1) is 31.0. The Morgan fingerprint density at radius 3 is 1.55 bits per heavy atom. The van der Waals surface area contributed by atoms with Gasteiger partial charge >= 0.3 is 0 Å². The first-order valence-corrected chi connectivity index (χ1v) is 17.9. The molecule has 0 saturated heterocycles. The molecule has 0 radical (unpaired) electrons. The van der Waals surface area contributed by atoms with Gasteiger partial charge in [0.2, 0.25) is 0 Å². The van der Waals surface area contributed by atoms with Crippen LogP contribution in [-0.2, 0) is 5.41 Å². The number of benzene rings is 6. The van der Waals surface area contributed by atoms with Gasteiger partial charge in [0.1, 0.15) is 0 Å². The van der Waals surface area contributed by atoms with E-state index in [0.717, 1.165) is 17.1 Å². The highest BCUT2D eigenvalue weighted by Gasteiger charge is 2.36. The van der Waals surface area contributed by atoms with Crippen LogP contribution in [0.1, 0.15) is 68.2 Å². The molecule has 0 aromatic heterocycles. The molecule has 1 fully saturated rings. The molecule has 2 aliphatic carbocycles. The summed E-state index contributed by atoms with van der Waals surface area (Å²) < 4.78 is 0. The van der Waals surface area contributed by atoms with Crippen LogP contribution in [0.5, 0.6) is 0 Å². The summed E-state index contributed by atoms with van der Waals surface area (Å²) in [6.07, 6.45) is 11.0. The van der Waals surface area contributed by atoms with Crippen LogP contribution in [0.4, 0.5) is 28.4 Å². The Labute approximate surface area is 292 Å². The van der Waals surface area contributed by atoms with E-state index in [0.29, 0.717) is 6.04 Å². The largest absolute Gasteiger partial charge is 0.338 e. The van der Waals surface area contributed by atoms with Crippen LogP contribution in [0.15, 0.2) is 152 Å². The van der Waals surface area contributed by atoms with Crippen molar-refractivity contribution in [3.05, 3.63) is 174 Å². The third-order valence-electron chi connectivity index (χ3n) is 10.6. The first-order valence-electron chi connectivity index (χ1n) is 17.9. The number of fused-ring (bicyclic) bond motifs is 3. The van der Waals surface area contributed by atoms with Gasteiger partial charge in [0, 0.05) is 39.9 Å². The molecule has 49 heavy (non-hydrogen) atoms. The summed E-state index contributed by atoms with van der Waals surface area (Å²) in [6, 6.07) is 55.8. The van der Waals surface area contributed by atoms with Gasteiger partial charge in [-0.15, -0.1) is 0 Å². The smallest absolute Gasteiger partial charge is 0.0462 e. The zero-order valence-corrected chi connectivity index (χ0v) is 28.6. The Kier molecular flexibility index (Phi) is 8.39. The maximum absolute atomic E-state index is 2.62. The van der Waals surface area contributed by atoms with E-state index in [1.807, 2.05) is 0 Å². The van der Waals surface area contributed by atoms with E-state index in [9.17, 15) is 0 Å². The van der Waals surface area contributed by atoms with Gasteiger partial charge in [0.15, 0.2) is 0 Å². The van der Waals surface area contributed by atoms with Crippen molar-refractivity contribution in [3.63, 3.8) is 0 Å². The van der Waals surface area contributed by atoms with E-state index in [2.05, 4.69) is 187 Å². The molecule has 2 aliphatic rings. The van der Waals surface area contributed by atoms with E-state index in [1.165, 1.54) is 76.9 Å². The van der Waals surface area contributed by atoms with Gasteiger partial charge in [-0.05, 0) is 107 Å². The monoisotopic (exact) mass is 636 g/mol. The van der Waals surface area contributed by atoms with E-state index in [-0.39, 0.29) is 5.41 Å². The molecular weight excluding hydrogens is 593 g/mol. The van der Waals surface area contributed by atoms with Gasteiger partial charge in [-0.25, -0.2) is 0 Å². The van der Waals surface area contributed by atoms with Crippen molar-refractivity contribution in [2.24, 2.45) is 0 Å². The predicted octanol–water partition coefficient (Wildman–Crippen LogP) is 13.1. The zero-order valence-electron chi connectivity index (χ0n) is 28.6. The van der Waals surface area contributed by atoms with Crippen LogP contribution >= 0.6 is 0 Å². The van der Waals surface area contributed by atoms with Crippen molar-refractivity contribution in [3.8, 4) is 11.1 Å². The number of hydrogen-bond acceptors (Lipinski definition) is 2. The molecular formula is C47H44N2. The Bertz CT molecular complexity index is 2020. The quantitative estimate of drug-likeness (QED) is 0.153. The lowest BCUT2D eigenvalue weighted by molar-refractivity contribution is 0.436. The molecule has 0 bridgehead atoms. The fourth-order valence-corrected chi connectivity index (χ4v) is 8.02. The van der Waals surface area contributed by atoms with Gasteiger partial charge in [-0.2, -0.15) is 0 Å². The average molecular weight is 637 g/mol. The number of nitrogens with zero attached hydrogens (tertiary/aromatic N) is 2. The van der Waals surface area contributed by atoms with E-state index in [1.54, 1.807) is 0 Å². The van der Waals surface area contributed by atoms with Crippen molar-refractivity contribution in [2.45, 2.75) is 57.4 Å². The third kappa shape index (κ3) is 6.08. The molecule has 6 aromatic carbocycles. The molecule has 6 aromatic rings. The van der Waals surface area contributed by atoms with Crippen LogP contribution < -0.4 is 9.80 Å². The number of para-hydroxylation sites is 3. The molecule has 2 heteroatoms. The summed E-state index contributed by atoms with van der Waals surface area (Å²) in [6.45, 7) is 4.79. The van der Waals surface area contributed by atoms with Gasteiger partial charge in [0.05, 0.1) is 0 Å². The highest BCUT2D eigenvalue weighted by atomic mass is 15.2. The highest BCUT2D eigenvalue weighted by Crippen LogP contribution is 2.51. The van der Waals surface area contributed by atoms with Gasteiger partial charge in [-0.1, -0.05) is 136 Å². The Balaban J connectivity index is 1.06. The minimum Gasteiger partial charge on any atom is -0.338 e. The Morgan fingerprint density at radius 1 is 0.469 bits per heavy atom. The summed E-state index contributed by atoms with van der Waals surface area (Å²) in [7, 11) is 0. The van der Waals surface area contributed by atoms with Crippen LogP contribution in [-0.4, -0.2) is 6.04 Å². The predicted molar refractivity (Wildman–Crippen MR) is 210 cm³/mol. The highest BCUT2D eigenvalue weighted by molar-refractivity contribution is 5.85. The molecule has 0 unspecified atom stereocenters. The lowest BCUT2D eigenvalue weighted by Gasteiger charge is -2.37. The molecule has 0 N–H and O–H groups in total. The zero-order chi connectivity index (χ0) is 33.2.